The molecule has 0 aromatic carbocycles. The molecule has 98 valence electrons. The monoisotopic (exact) mass is 237 g/mol. The summed E-state index contributed by atoms with van der Waals surface area (Å²) in [7, 11) is 1.97. The van der Waals surface area contributed by atoms with Gasteiger partial charge in [0, 0.05) is 20.0 Å². The van der Waals surface area contributed by atoms with E-state index in [-0.39, 0.29) is 0 Å². The van der Waals surface area contributed by atoms with Crippen LogP contribution in [0.2, 0.25) is 0 Å². The third kappa shape index (κ3) is 3.02. The van der Waals surface area contributed by atoms with E-state index in [4.69, 9.17) is 0 Å². The first kappa shape index (κ1) is 12.9. The fraction of sp³-hybridized carbons (Fsp3) is 0.933. The average Bonchev–Trinajstić information content (AvgIpc) is 2.90. The standard InChI is InChI=1S/C15H27NO/c1-4-11(2)10-16(3)15(17)9-14-8-12-5-6-13(14)7-12/h11-14H,4-10H2,1-3H3. The van der Waals surface area contributed by atoms with Crippen molar-refractivity contribution in [3.63, 3.8) is 0 Å². The third-order valence-corrected chi connectivity index (χ3v) is 5.03. The van der Waals surface area contributed by atoms with E-state index >= 15 is 0 Å². The summed E-state index contributed by atoms with van der Waals surface area (Å²) in [5.41, 5.74) is 0. The third-order valence-electron chi connectivity index (χ3n) is 5.03. The highest BCUT2D eigenvalue weighted by molar-refractivity contribution is 5.76. The maximum atomic E-state index is 12.2. The van der Waals surface area contributed by atoms with Crippen molar-refractivity contribution < 1.29 is 4.79 Å². The van der Waals surface area contributed by atoms with Crippen LogP contribution in [0.4, 0.5) is 0 Å². The summed E-state index contributed by atoms with van der Waals surface area (Å²) in [5.74, 6) is 3.55. The second kappa shape index (κ2) is 5.41. The fourth-order valence-corrected chi connectivity index (χ4v) is 3.71. The van der Waals surface area contributed by atoms with Crippen molar-refractivity contribution in [1.29, 1.82) is 0 Å². The van der Waals surface area contributed by atoms with Gasteiger partial charge in [-0.3, -0.25) is 4.79 Å². The van der Waals surface area contributed by atoms with Gasteiger partial charge in [-0.1, -0.05) is 26.7 Å². The van der Waals surface area contributed by atoms with Gasteiger partial charge in [0.15, 0.2) is 0 Å². The van der Waals surface area contributed by atoms with Gasteiger partial charge in [-0.15, -0.1) is 0 Å². The van der Waals surface area contributed by atoms with Gasteiger partial charge in [0.25, 0.3) is 0 Å². The van der Waals surface area contributed by atoms with Crippen molar-refractivity contribution in [1.82, 2.24) is 4.90 Å². The van der Waals surface area contributed by atoms with E-state index in [0.717, 1.165) is 31.2 Å². The van der Waals surface area contributed by atoms with Crippen LogP contribution in [-0.2, 0) is 4.79 Å². The molecular weight excluding hydrogens is 210 g/mol. The zero-order chi connectivity index (χ0) is 12.4. The smallest absolute Gasteiger partial charge is 0.222 e. The number of nitrogens with zero attached hydrogens (tertiary/aromatic N) is 1. The largest absolute Gasteiger partial charge is 0.345 e. The lowest BCUT2D eigenvalue weighted by Crippen LogP contribution is -2.33. The normalized spacial score (nSPS) is 32.8. The summed E-state index contributed by atoms with van der Waals surface area (Å²) >= 11 is 0. The highest BCUT2D eigenvalue weighted by atomic mass is 16.2. The van der Waals surface area contributed by atoms with Gasteiger partial charge in [-0.25, -0.2) is 0 Å². The van der Waals surface area contributed by atoms with Gasteiger partial charge in [0.05, 0.1) is 0 Å². The Morgan fingerprint density at radius 2 is 2.12 bits per heavy atom. The fourth-order valence-electron chi connectivity index (χ4n) is 3.71. The van der Waals surface area contributed by atoms with Crippen molar-refractivity contribution >= 4 is 5.91 Å². The van der Waals surface area contributed by atoms with Crippen molar-refractivity contribution in [2.24, 2.45) is 23.7 Å². The van der Waals surface area contributed by atoms with E-state index in [1.165, 1.54) is 25.7 Å². The Labute approximate surface area is 106 Å². The zero-order valence-electron chi connectivity index (χ0n) is 11.6. The van der Waals surface area contributed by atoms with Crippen LogP contribution in [0, 0.1) is 23.7 Å². The molecule has 0 aliphatic heterocycles. The molecule has 0 radical (unpaired) electrons. The number of carbonyl (C=O) groups excluding carboxylic acids is 1. The maximum Gasteiger partial charge on any atom is 0.222 e. The van der Waals surface area contributed by atoms with Crippen molar-refractivity contribution in [3.05, 3.63) is 0 Å². The number of fused-ring (bicyclic) bond motifs is 2. The van der Waals surface area contributed by atoms with Crippen LogP contribution in [0.25, 0.3) is 0 Å². The predicted octanol–water partition coefficient (Wildman–Crippen LogP) is 3.32. The van der Waals surface area contributed by atoms with E-state index in [9.17, 15) is 4.79 Å². The minimum atomic E-state index is 0.378. The van der Waals surface area contributed by atoms with Crippen LogP contribution in [-0.4, -0.2) is 24.4 Å². The molecule has 2 aliphatic carbocycles. The Morgan fingerprint density at radius 1 is 1.35 bits per heavy atom. The number of rotatable bonds is 5. The summed E-state index contributed by atoms with van der Waals surface area (Å²) in [6.07, 6.45) is 7.52. The second-order valence-electron chi connectivity index (χ2n) is 6.43. The Morgan fingerprint density at radius 3 is 2.65 bits per heavy atom. The Balaban J connectivity index is 1.77. The topological polar surface area (TPSA) is 20.3 Å². The summed E-state index contributed by atoms with van der Waals surface area (Å²) < 4.78 is 0. The molecule has 2 heteroatoms. The highest BCUT2D eigenvalue weighted by Crippen LogP contribution is 2.49. The highest BCUT2D eigenvalue weighted by Gasteiger charge is 2.40. The molecule has 0 heterocycles. The van der Waals surface area contributed by atoms with Gasteiger partial charge in [-0.05, 0) is 42.9 Å². The lowest BCUT2D eigenvalue weighted by Gasteiger charge is -2.25. The van der Waals surface area contributed by atoms with Gasteiger partial charge in [-0.2, -0.15) is 0 Å². The lowest BCUT2D eigenvalue weighted by molar-refractivity contribution is -0.131. The van der Waals surface area contributed by atoms with Crippen LogP contribution in [0.1, 0.15) is 52.4 Å². The molecule has 2 rings (SSSR count). The van der Waals surface area contributed by atoms with Crippen molar-refractivity contribution in [3.8, 4) is 0 Å². The first-order valence-corrected chi connectivity index (χ1v) is 7.34. The minimum absolute atomic E-state index is 0.378. The van der Waals surface area contributed by atoms with Crippen LogP contribution in [0.5, 0.6) is 0 Å². The molecule has 0 saturated heterocycles. The second-order valence-corrected chi connectivity index (χ2v) is 6.43. The molecule has 17 heavy (non-hydrogen) atoms. The molecule has 0 N–H and O–H groups in total. The predicted molar refractivity (Wildman–Crippen MR) is 70.6 cm³/mol. The van der Waals surface area contributed by atoms with Gasteiger partial charge >= 0.3 is 0 Å². The quantitative estimate of drug-likeness (QED) is 0.718. The zero-order valence-corrected chi connectivity index (χ0v) is 11.6. The molecule has 2 nitrogen and oxygen atoms in total. The van der Waals surface area contributed by atoms with Crippen molar-refractivity contribution in [2.45, 2.75) is 52.4 Å². The summed E-state index contributed by atoms with van der Waals surface area (Å²) in [6, 6.07) is 0. The first-order chi connectivity index (χ1) is 8.10. The molecule has 2 aliphatic rings. The van der Waals surface area contributed by atoms with E-state index in [1.807, 2.05) is 11.9 Å². The average molecular weight is 237 g/mol. The Bertz CT molecular complexity index is 276. The van der Waals surface area contributed by atoms with Gasteiger partial charge in [0.2, 0.25) is 5.91 Å². The summed E-state index contributed by atoms with van der Waals surface area (Å²) in [5, 5.41) is 0. The minimum Gasteiger partial charge on any atom is -0.345 e. The summed E-state index contributed by atoms with van der Waals surface area (Å²) in [4.78, 5) is 14.1. The first-order valence-electron chi connectivity index (χ1n) is 7.34. The molecule has 2 saturated carbocycles. The number of carbonyl (C=O) groups is 1. The van der Waals surface area contributed by atoms with E-state index in [2.05, 4.69) is 13.8 Å². The molecule has 0 aromatic heterocycles. The van der Waals surface area contributed by atoms with Crippen LogP contribution in [0.15, 0.2) is 0 Å². The van der Waals surface area contributed by atoms with Crippen LogP contribution >= 0.6 is 0 Å². The molecule has 0 spiro atoms. The molecule has 4 unspecified atom stereocenters. The number of hydrogen-bond acceptors (Lipinski definition) is 1. The SMILES string of the molecule is CCC(C)CN(C)C(=O)CC1CC2CCC1C2. The molecule has 1 amide bonds. The Hall–Kier alpha value is -0.530. The number of amides is 1. The van der Waals surface area contributed by atoms with Gasteiger partial charge < -0.3 is 4.90 Å². The molecular formula is C15H27NO. The maximum absolute atomic E-state index is 12.2. The lowest BCUT2D eigenvalue weighted by atomic mass is 9.86. The van der Waals surface area contributed by atoms with E-state index < -0.39 is 0 Å². The van der Waals surface area contributed by atoms with Crippen molar-refractivity contribution in [2.75, 3.05) is 13.6 Å². The summed E-state index contributed by atoms with van der Waals surface area (Å²) in [6.45, 7) is 5.34. The Kier molecular flexibility index (Phi) is 4.11. The van der Waals surface area contributed by atoms with E-state index in [0.29, 0.717) is 17.7 Å². The number of hydrogen-bond donors (Lipinski definition) is 0. The molecule has 4 atom stereocenters. The van der Waals surface area contributed by atoms with E-state index in [1.54, 1.807) is 0 Å². The van der Waals surface area contributed by atoms with Gasteiger partial charge in [0.1, 0.15) is 0 Å². The molecule has 0 aromatic rings. The van der Waals surface area contributed by atoms with Crippen LogP contribution < -0.4 is 0 Å². The van der Waals surface area contributed by atoms with Crippen LogP contribution in [0.3, 0.4) is 0 Å². The molecule has 2 bridgehead atoms. The molecule has 2 fully saturated rings.